The molecule has 2 aromatic rings. The van der Waals surface area contributed by atoms with E-state index in [1.54, 1.807) is 0 Å². The molecule has 0 amide bonds. The zero-order chi connectivity index (χ0) is 14.7. The van der Waals surface area contributed by atoms with Crippen molar-refractivity contribution in [3.05, 3.63) is 47.8 Å². The van der Waals surface area contributed by atoms with Gasteiger partial charge in [0.05, 0.1) is 6.20 Å². The third kappa shape index (κ3) is 2.95. The highest BCUT2D eigenvalue weighted by molar-refractivity contribution is 5.38. The lowest BCUT2D eigenvalue weighted by Gasteiger charge is -2.32. The molecule has 1 aromatic carbocycles. The van der Waals surface area contributed by atoms with Gasteiger partial charge in [0.25, 0.3) is 0 Å². The van der Waals surface area contributed by atoms with Crippen LogP contribution in [-0.4, -0.2) is 16.3 Å². The Labute approximate surface area is 126 Å². The normalized spacial score (nSPS) is 20.9. The Kier molecular flexibility index (Phi) is 4.25. The van der Waals surface area contributed by atoms with Crippen molar-refractivity contribution in [2.75, 3.05) is 6.54 Å². The van der Waals surface area contributed by atoms with Crippen LogP contribution in [0.15, 0.2) is 36.7 Å². The summed E-state index contributed by atoms with van der Waals surface area (Å²) in [7, 11) is 0. The van der Waals surface area contributed by atoms with Gasteiger partial charge >= 0.3 is 0 Å². The summed E-state index contributed by atoms with van der Waals surface area (Å²) in [6, 6.07) is 8.69. The highest BCUT2D eigenvalue weighted by Crippen LogP contribution is 2.40. The first-order valence-corrected chi connectivity index (χ1v) is 7.83. The van der Waals surface area contributed by atoms with E-state index in [0.717, 1.165) is 37.2 Å². The molecule has 1 N–H and O–H groups in total. The molecule has 0 radical (unpaired) electrons. The summed E-state index contributed by atoms with van der Waals surface area (Å²) in [6.45, 7) is 6.21. The molecule has 4 nitrogen and oxygen atoms in total. The fraction of sp³-hybridized carbons (Fsp3) is 0.471. The van der Waals surface area contributed by atoms with E-state index in [4.69, 9.17) is 4.74 Å². The highest BCUT2D eigenvalue weighted by atomic mass is 16.5. The molecule has 0 saturated heterocycles. The van der Waals surface area contributed by atoms with Gasteiger partial charge in [-0.05, 0) is 26.0 Å². The molecular formula is C17H23N3O. The van der Waals surface area contributed by atoms with Gasteiger partial charge in [-0.1, -0.05) is 25.1 Å². The van der Waals surface area contributed by atoms with E-state index in [1.807, 2.05) is 16.9 Å². The smallest absolute Gasteiger partial charge is 0.129 e. The van der Waals surface area contributed by atoms with Crippen LogP contribution >= 0.6 is 0 Å². The first-order chi connectivity index (χ1) is 10.3. The molecule has 0 bridgehead atoms. The number of aromatic nitrogens is 2. The number of ether oxygens (including phenoxy) is 1. The number of hydrogen-bond donors (Lipinski definition) is 1. The van der Waals surface area contributed by atoms with Gasteiger partial charge in [0.15, 0.2) is 0 Å². The van der Waals surface area contributed by atoms with Gasteiger partial charge in [0.1, 0.15) is 11.9 Å². The molecule has 112 valence electrons. The van der Waals surface area contributed by atoms with Gasteiger partial charge in [-0.2, -0.15) is 5.10 Å². The van der Waals surface area contributed by atoms with Crippen LogP contribution in [0.3, 0.4) is 0 Å². The van der Waals surface area contributed by atoms with Gasteiger partial charge in [-0.15, -0.1) is 0 Å². The van der Waals surface area contributed by atoms with Crippen molar-refractivity contribution in [3.8, 4) is 5.75 Å². The third-order valence-electron chi connectivity index (χ3n) is 4.00. The van der Waals surface area contributed by atoms with Crippen molar-refractivity contribution < 1.29 is 4.74 Å². The lowest BCUT2D eigenvalue weighted by molar-refractivity contribution is 0.151. The standard InChI is InChI=1S/C17H23N3O/c1-3-9-18-15-10-17(13-11-19-20(4-2)12-13)21-16-8-6-5-7-14(15)16/h5-8,11-12,15,17-18H,3-4,9-10H2,1-2H3. The molecule has 4 heteroatoms. The minimum atomic E-state index is 0.0783. The summed E-state index contributed by atoms with van der Waals surface area (Å²) in [4.78, 5) is 0. The van der Waals surface area contributed by atoms with E-state index in [2.05, 4.69) is 48.7 Å². The number of nitrogens with zero attached hydrogens (tertiary/aromatic N) is 2. The van der Waals surface area contributed by atoms with Crippen molar-refractivity contribution in [1.82, 2.24) is 15.1 Å². The van der Waals surface area contributed by atoms with E-state index in [0.29, 0.717) is 6.04 Å². The molecular weight excluding hydrogens is 262 g/mol. The molecule has 1 aromatic heterocycles. The van der Waals surface area contributed by atoms with Crippen LogP contribution in [0.5, 0.6) is 5.75 Å². The van der Waals surface area contributed by atoms with E-state index in [1.165, 1.54) is 5.56 Å². The SMILES string of the molecule is CCCNC1CC(c2cnn(CC)c2)Oc2ccccc21. The van der Waals surface area contributed by atoms with Gasteiger partial charge in [0, 0.05) is 36.3 Å². The Morgan fingerprint density at radius 2 is 2.19 bits per heavy atom. The number of rotatable bonds is 5. The summed E-state index contributed by atoms with van der Waals surface area (Å²) in [5.74, 6) is 0.992. The summed E-state index contributed by atoms with van der Waals surface area (Å²) in [5.41, 5.74) is 2.43. The maximum Gasteiger partial charge on any atom is 0.129 e. The Bertz CT molecular complexity index is 593. The zero-order valence-electron chi connectivity index (χ0n) is 12.7. The van der Waals surface area contributed by atoms with Crippen molar-refractivity contribution in [1.29, 1.82) is 0 Å². The van der Waals surface area contributed by atoms with Gasteiger partial charge in [-0.25, -0.2) is 0 Å². The molecule has 3 rings (SSSR count). The van der Waals surface area contributed by atoms with Crippen molar-refractivity contribution >= 4 is 0 Å². The predicted molar refractivity (Wildman–Crippen MR) is 83.4 cm³/mol. The average molecular weight is 285 g/mol. The number of fused-ring (bicyclic) bond motifs is 1. The lowest BCUT2D eigenvalue weighted by Crippen LogP contribution is -2.29. The molecule has 0 fully saturated rings. The van der Waals surface area contributed by atoms with Gasteiger partial charge in [0.2, 0.25) is 0 Å². The van der Waals surface area contributed by atoms with Gasteiger partial charge in [-0.3, -0.25) is 4.68 Å². The molecule has 0 saturated carbocycles. The molecule has 1 aliphatic heterocycles. The Balaban J connectivity index is 1.85. The van der Waals surface area contributed by atoms with Crippen LogP contribution in [0.4, 0.5) is 0 Å². The molecule has 2 unspecified atom stereocenters. The number of nitrogens with one attached hydrogen (secondary N) is 1. The summed E-state index contributed by atoms with van der Waals surface area (Å²) in [5, 5.41) is 8.01. The number of hydrogen-bond acceptors (Lipinski definition) is 3. The minimum Gasteiger partial charge on any atom is -0.485 e. The fourth-order valence-electron chi connectivity index (χ4n) is 2.85. The lowest BCUT2D eigenvalue weighted by atomic mass is 9.94. The quantitative estimate of drug-likeness (QED) is 0.914. The predicted octanol–water partition coefficient (Wildman–Crippen LogP) is 3.47. The van der Waals surface area contributed by atoms with Crippen molar-refractivity contribution in [2.45, 2.75) is 45.4 Å². The van der Waals surface area contributed by atoms with Gasteiger partial charge < -0.3 is 10.1 Å². The monoisotopic (exact) mass is 285 g/mol. The molecule has 0 spiro atoms. The summed E-state index contributed by atoms with van der Waals surface area (Å²) >= 11 is 0. The first kappa shape index (κ1) is 14.1. The Hall–Kier alpha value is -1.81. The van der Waals surface area contributed by atoms with Crippen LogP contribution in [0.1, 0.15) is 50.0 Å². The second-order valence-electron chi connectivity index (χ2n) is 5.52. The largest absolute Gasteiger partial charge is 0.485 e. The first-order valence-electron chi connectivity index (χ1n) is 7.83. The maximum absolute atomic E-state index is 6.19. The molecule has 0 aliphatic carbocycles. The van der Waals surface area contributed by atoms with E-state index in [9.17, 15) is 0 Å². The van der Waals surface area contributed by atoms with Crippen LogP contribution in [0, 0.1) is 0 Å². The Morgan fingerprint density at radius 1 is 1.33 bits per heavy atom. The number of benzene rings is 1. The minimum absolute atomic E-state index is 0.0783. The summed E-state index contributed by atoms with van der Waals surface area (Å²) in [6.07, 6.45) is 6.19. The molecule has 2 atom stereocenters. The van der Waals surface area contributed by atoms with E-state index < -0.39 is 0 Å². The number of aryl methyl sites for hydroxylation is 1. The molecule has 21 heavy (non-hydrogen) atoms. The second-order valence-corrected chi connectivity index (χ2v) is 5.52. The third-order valence-corrected chi connectivity index (χ3v) is 4.00. The maximum atomic E-state index is 6.19. The number of para-hydroxylation sites is 1. The molecule has 2 heterocycles. The van der Waals surface area contributed by atoms with Crippen LogP contribution in [-0.2, 0) is 6.54 Å². The van der Waals surface area contributed by atoms with Crippen LogP contribution in [0.25, 0.3) is 0 Å². The average Bonchev–Trinajstić information content (AvgIpc) is 3.01. The van der Waals surface area contributed by atoms with Crippen molar-refractivity contribution in [3.63, 3.8) is 0 Å². The van der Waals surface area contributed by atoms with E-state index >= 15 is 0 Å². The highest BCUT2D eigenvalue weighted by Gasteiger charge is 2.29. The second kappa shape index (κ2) is 6.31. The Morgan fingerprint density at radius 3 is 2.95 bits per heavy atom. The fourth-order valence-corrected chi connectivity index (χ4v) is 2.85. The topological polar surface area (TPSA) is 39.1 Å². The van der Waals surface area contributed by atoms with Crippen molar-refractivity contribution in [2.24, 2.45) is 0 Å². The van der Waals surface area contributed by atoms with E-state index in [-0.39, 0.29) is 6.10 Å². The molecule has 1 aliphatic rings. The zero-order valence-corrected chi connectivity index (χ0v) is 12.7. The van der Waals surface area contributed by atoms with Crippen LogP contribution < -0.4 is 10.1 Å². The summed E-state index contributed by atoms with van der Waals surface area (Å²) < 4.78 is 8.14. The van der Waals surface area contributed by atoms with Crippen LogP contribution in [0.2, 0.25) is 0 Å².